The standard InChI is InChI=1S/C21H25ClN2O2S/c1-16(23-20(25)15-27-19-10-6-5-9-18(19)22)21(17-7-3-2-4-8-17)24-11-13-26-14-12-24/h2-10,16,21H,11-15H2,1H3,(H,23,25)/t16-,21-/m1/s1. The summed E-state index contributed by atoms with van der Waals surface area (Å²) >= 11 is 7.64. The molecule has 0 spiro atoms. The van der Waals surface area contributed by atoms with Crippen LogP contribution in [0.1, 0.15) is 18.5 Å². The van der Waals surface area contributed by atoms with E-state index in [9.17, 15) is 4.79 Å². The van der Waals surface area contributed by atoms with Gasteiger partial charge in [-0.2, -0.15) is 0 Å². The SMILES string of the molecule is C[C@@H](NC(=O)CSc1ccccc1Cl)[C@H](c1ccccc1)N1CCOCC1. The van der Waals surface area contributed by atoms with Crippen molar-refractivity contribution in [3.63, 3.8) is 0 Å². The fourth-order valence-corrected chi connectivity index (χ4v) is 4.45. The lowest BCUT2D eigenvalue weighted by atomic mass is 9.98. The molecule has 1 saturated heterocycles. The Morgan fingerprint density at radius 3 is 2.52 bits per heavy atom. The average Bonchev–Trinajstić information content (AvgIpc) is 2.69. The zero-order valence-electron chi connectivity index (χ0n) is 15.4. The molecule has 4 nitrogen and oxygen atoms in total. The van der Waals surface area contributed by atoms with Gasteiger partial charge in [-0.15, -0.1) is 11.8 Å². The molecule has 0 aromatic heterocycles. The first-order valence-electron chi connectivity index (χ1n) is 9.18. The Labute approximate surface area is 170 Å². The Morgan fingerprint density at radius 2 is 1.81 bits per heavy atom. The van der Waals surface area contributed by atoms with E-state index in [0.717, 1.165) is 31.2 Å². The number of rotatable bonds is 7. The van der Waals surface area contributed by atoms with Crippen LogP contribution in [0.5, 0.6) is 0 Å². The molecular formula is C21H25ClN2O2S. The maximum atomic E-state index is 12.5. The summed E-state index contributed by atoms with van der Waals surface area (Å²) in [4.78, 5) is 15.9. The van der Waals surface area contributed by atoms with Gasteiger partial charge in [-0.1, -0.05) is 54.1 Å². The highest BCUT2D eigenvalue weighted by Gasteiger charge is 2.28. The number of hydrogen-bond acceptors (Lipinski definition) is 4. The van der Waals surface area contributed by atoms with E-state index in [2.05, 4.69) is 29.3 Å². The lowest BCUT2D eigenvalue weighted by Gasteiger charge is -2.38. The summed E-state index contributed by atoms with van der Waals surface area (Å²) in [6.07, 6.45) is 0. The van der Waals surface area contributed by atoms with Gasteiger partial charge in [-0.05, 0) is 24.6 Å². The van der Waals surface area contributed by atoms with Crippen LogP contribution in [-0.2, 0) is 9.53 Å². The molecule has 1 amide bonds. The molecule has 0 bridgehead atoms. The van der Waals surface area contributed by atoms with Gasteiger partial charge >= 0.3 is 0 Å². The van der Waals surface area contributed by atoms with Crippen LogP contribution in [0.25, 0.3) is 0 Å². The van der Waals surface area contributed by atoms with Crippen LogP contribution < -0.4 is 5.32 Å². The number of benzene rings is 2. The Morgan fingerprint density at radius 1 is 1.15 bits per heavy atom. The van der Waals surface area contributed by atoms with Crippen molar-refractivity contribution in [2.75, 3.05) is 32.1 Å². The number of nitrogens with zero attached hydrogens (tertiary/aromatic N) is 1. The largest absolute Gasteiger partial charge is 0.379 e. The van der Waals surface area contributed by atoms with Gasteiger partial charge in [0.2, 0.25) is 5.91 Å². The summed E-state index contributed by atoms with van der Waals surface area (Å²) in [5.74, 6) is 0.361. The third-order valence-corrected chi connectivity index (χ3v) is 6.15. The zero-order chi connectivity index (χ0) is 19.1. The van der Waals surface area contributed by atoms with Crippen LogP contribution in [0.15, 0.2) is 59.5 Å². The Bertz CT molecular complexity index is 738. The second kappa shape index (κ2) is 10.1. The van der Waals surface area contributed by atoms with Gasteiger partial charge in [-0.25, -0.2) is 0 Å². The van der Waals surface area contributed by atoms with Crippen LogP contribution in [0.4, 0.5) is 0 Å². The molecule has 2 aromatic rings. The lowest BCUT2D eigenvalue weighted by Crippen LogP contribution is -2.48. The van der Waals surface area contributed by atoms with Crippen molar-refractivity contribution < 1.29 is 9.53 Å². The van der Waals surface area contributed by atoms with Crippen molar-refractivity contribution in [2.24, 2.45) is 0 Å². The molecule has 1 heterocycles. The molecule has 1 fully saturated rings. The summed E-state index contributed by atoms with van der Waals surface area (Å²) in [7, 11) is 0. The van der Waals surface area contributed by atoms with Gasteiger partial charge < -0.3 is 10.1 Å². The molecule has 1 N–H and O–H groups in total. The molecule has 6 heteroatoms. The predicted molar refractivity (Wildman–Crippen MR) is 111 cm³/mol. The van der Waals surface area contributed by atoms with Crippen molar-refractivity contribution in [2.45, 2.75) is 23.9 Å². The van der Waals surface area contributed by atoms with E-state index >= 15 is 0 Å². The summed E-state index contributed by atoms with van der Waals surface area (Å²) in [6, 6.07) is 18.1. The van der Waals surface area contributed by atoms with Gasteiger partial charge in [0.15, 0.2) is 0 Å². The fourth-order valence-electron chi connectivity index (χ4n) is 3.40. The van der Waals surface area contributed by atoms with Gasteiger partial charge in [0, 0.05) is 24.0 Å². The molecule has 2 atom stereocenters. The summed E-state index contributed by atoms with van der Waals surface area (Å²) in [5.41, 5.74) is 1.21. The number of nitrogens with one attached hydrogen (secondary N) is 1. The molecule has 2 aromatic carbocycles. The first kappa shape index (κ1) is 20.2. The van der Waals surface area contributed by atoms with Crippen LogP contribution in [0.3, 0.4) is 0 Å². The first-order chi connectivity index (χ1) is 13.1. The van der Waals surface area contributed by atoms with Gasteiger partial charge in [0.1, 0.15) is 0 Å². The summed E-state index contributed by atoms with van der Waals surface area (Å²) in [5, 5.41) is 3.86. The number of ether oxygens (including phenoxy) is 1. The monoisotopic (exact) mass is 404 g/mol. The number of carbonyl (C=O) groups is 1. The van der Waals surface area contributed by atoms with Crippen LogP contribution in [0.2, 0.25) is 5.02 Å². The van der Waals surface area contributed by atoms with E-state index in [1.54, 1.807) is 0 Å². The number of morpholine rings is 1. The van der Waals surface area contributed by atoms with Crippen molar-refractivity contribution in [1.29, 1.82) is 0 Å². The minimum Gasteiger partial charge on any atom is -0.379 e. The minimum atomic E-state index is -0.00940. The highest BCUT2D eigenvalue weighted by Crippen LogP contribution is 2.27. The van der Waals surface area contributed by atoms with Crippen molar-refractivity contribution in [1.82, 2.24) is 10.2 Å². The molecule has 0 saturated carbocycles. The number of hydrogen-bond donors (Lipinski definition) is 1. The maximum Gasteiger partial charge on any atom is 0.230 e. The Hall–Kier alpha value is -1.53. The van der Waals surface area contributed by atoms with E-state index in [1.807, 2.05) is 42.5 Å². The zero-order valence-corrected chi connectivity index (χ0v) is 17.0. The molecule has 0 radical (unpaired) electrons. The summed E-state index contributed by atoms with van der Waals surface area (Å²) < 4.78 is 5.50. The first-order valence-corrected chi connectivity index (χ1v) is 10.5. The van der Waals surface area contributed by atoms with Crippen molar-refractivity contribution >= 4 is 29.3 Å². The predicted octanol–water partition coefficient (Wildman–Crippen LogP) is 4.01. The molecule has 3 rings (SSSR count). The van der Waals surface area contributed by atoms with Crippen LogP contribution in [-0.4, -0.2) is 48.9 Å². The van der Waals surface area contributed by atoms with Gasteiger partial charge in [0.05, 0.1) is 30.0 Å². The lowest BCUT2D eigenvalue weighted by molar-refractivity contribution is -0.119. The van der Waals surface area contributed by atoms with E-state index in [1.165, 1.54) is 17.3 Å². The molecule has 144 valence electrons. The molecule has 0 aliphatic carbocycles. The van der Waals surface area contributed by atoms with Gasteiger partial charge in [-0.3, -0.25) is 9.69 Å². The molecule has 0 unspecified atom stereocenters. The van der Waals surface area contributed by atoms with Crippen molar-refractivity contribution in [3.8, 4) is 0 Å². The second-order valence-corrected chi connectivity index (χ2v) is 8.00. The van der Waals surface area contributed by atoms with Gasteiger partial charge in [0.25, 0.3) is 0 Å². The van der Waals surface area contributed by atoms with E-state index in [-0.39, 0.29) is 18.0 Å². The molecule has 27 heavy (non-hydrogen) atoms. The van der Waals surface area contributed by atoms with Crippen LogP contribution in [0, 0.1) is 0 Å². The number of carbonyl (C=O) groups excluding carboxylic acids is 1. The Balaban J connectivity index is 1.64. The summed E-state index contributed by atoms with van der Waals surface area (Å²) in [6.45, 7) is 5.27. The third-order valence-electron chi connectivity index (χ3n) is 4.64. The second-order valence-electron chi connectivity index (χ2n) is 6.58. The molecule has 1 aliphatic heterocycles. The highest BCUT2D eigenvalue weighted by atomic mass is 35.5. The normalized spacial score (nSPS) is 17.3. The third kappa shape index (κ3) is 5.72. The quantitative estimate of drug-likeness (QED) is 0.708. The maximum absolute atomic E-state index is 12.5. The van der Waals surface area contributed by atoms with E-state index in [4.69, 9.17) is 16.3 Å². The highest BCUT2D eigenvalue weighted by molar-refractivity contribution is 8.00. The van der Waals surface area contributed by atoms with E-state index < -0.39 is 0 Å². The van der Waals surface area contributed by atoms with E-state index in [0.29, 0.717) is 10.8 Å². The molecule has 1 aliphatic rings. The fraction of sp³-hybridized carbons (Fsp3) is 0.381. The smallest absolute Gasteiger partial charge is 0.230 e. The Kier molecular flexibility index (Phi) is 7.59. The number of thioether (sulfide) groups is 1. The average molecular weight is 405 g/mol. The minimum absolute atomic E-state index is 0.00940. The molecular weight excluding hydrogens is 380 g/mol. The van der Waals surface area contributed by atoms with Crippen LogP contribution >= 0.6 is 23.4 Å². The topological polar surface area (TPSA) is 41.6 Å². The van der Waals surface area contributed by atoms with Crippen molar-refractivity contribution in [3.05, 3.63) is 65.2 Å². The number of amides is 1. The number of halogens is 1.